The first kappa shape index (κ1) is 11.1. The zero-order valence-corrected chi connectivity index (χ0v) is 9.56. The van der Waals surface area contributed by atoms with Gasteiger partial charge in [0.1, 0.15) is 0 Å². The molecule has 0 aliphatic carbocycles. The average Bonchev–Trinajstić information content (AvgIpc) is 2.75. The van der Waals surface area contributed by atoms with Gasteiger partial charge in [-0.2, -0.15) is 0 Å². The highest BCUT2D eigenvalue weighted by atomic mass is 16.5. The summed E-state index contributed by atoms with van der Waals surface area (Å²) >= 11 is 0. The Labute approximate surface area is 94.0 Å². The third kappa shape index (κ3) is 2.09. The molecule has 0 saturated carbocycles. The highest BCUT2D eigenvalue weighted by molar-refractivity contribution is 5.74. The Balaban J connectivity index is 1.97. The lowest BCUT2D eigenvalue weighted by atomic mass is 9.90. The van der Waals surface area contributed by atoms with Crippen molar-refractivity contribution >= 4 is 5.97 Å². The fourth-order valence-corrected chi connectivity index (χ4v) is 2.08. The Morgan fingerprint density at radius 2 is 2.50 bits per heavy atom. The number of aryl methyl sites for hydroxylation is 1. The van der Waals surface area contributed by atoms with Gasteiger partial charge in [0.2, 0.25) is 0 Å². The lowest BCUT2D eigenvalue weighted by Gasteiger charge is -2.18. The predicted molar refractivity (Wildman–Crippen MR) is 56.9 cm³/mol. The quantitative estimate of drug-likeness (QED) is 0.837. The van der Waals surface area contributed by atoms with Crippen LogP contribution in [0.2, 0.25) is 0 Å². The smallest absolute Gasteiger partial charge is 0.310 e. The Morgan fingerprint density at radius 3 is 3.00 bits per heavy atom. The molecule has 16 heavy (non-hydrogen) atoms. The molecule has 2 rings (SSSR count). The van der Waals surface area contributed by atoms with E-state index in [2.05, 4.69) is 10.1 Å². The van der Waals surface area contributed by atoms with E-state index in [4.69, 9.17) is 9.63 Å². The average molecular weight is 224 g/mol. The van der Waals surface area contributed by atoms with E-state index in [1.54, 1.807) is 6.92 Å². The highest BCUT2D eigenvalue weighted by Gasteiger charge is 2.40. The number of carbonyl (C=O) groups is 1. The van der Waals surface area contributed by atoms with Gasteiger partial charge < -0.3 is 9.63 Å². The number of carboxylic acids is 1. The Hall–Kier alpha value is -1.36. The van der Waals surface area contributed by atoms with Crippen molar-refractivity contribution in [1.82, 2.24) is 10.1 Å². The molecular formula is C11H16N2O3. The Morgan fingerprint density at radius 1 is 1.75 bits per heavy atom. The summed E-state index contributed by atoms with van der Waals surface area (Å²) in [6.07, 6.45) is 0.690. The first-order chi connectivity index (χ1) is 7.49. The maximum Gasteiger partial charge on any atom is 0.310 e. The summed E-state index contributed by atoms with van der Waals surface area (Å²) in [5.74, 6) is 0.0795. The van der Waals surface area contributed by atoms with Gasteiger partial charge >= 0.3 is 5.97 Å². The van der Waals surface area contributed by atoms with Crippen LogP contribution < -0.4 is 0 Å². The van der Waals surface area contributed by atoms with Crippen molar-refractivity contribution in [3.05, 3.63) is 17.5 Å². The number of nitrogens with zero attached hydrogens (tertiary/aromatic N) is 2. The molecule has 1 fully saturated rings. The van der Waals surface area contributed by atoms with Gasteiger partial charge in [0.15, 0.2) is 5.76 Å². The molecule has 0 amide bonds. The second-order valence-electron chi connectivity index (χ2n) is 4.76. The van der Waals surface area contributed by atoms with Crippen molar-refractivity contribution in [2.75, 3.05) is 13.1 Å². The largest absolute Gasteiger partial charge is 0.481 e. The molecule has 1 N–H and O–H groups in total. The fraction of sp³-hybridized carbons (Fsp3) is 0.636. The van der Waals surface area contributed by atoms with Crippen LogP contribution in [0.1, 0.15) is 24.8 Å². The molecule has 88 valence electrons. The third-order valence-corrected chi connectivity index (χ3v) is 3.12. The van der Waals surface area contributed by atoms with Crippen LogP contribution >= 0.6 is 0 Å². The van der Waals surface area contributed by atoms with E-state index < -0.39 is 11.4 Å². The second-order valence-corrected chi connectivity index (χ2v) is 4.76. The molecule has 1 saturated heterocycles. The number of hydrogen-bond acceptors (Lipinski definition) is 4. The second kappa shape index (κ2) is 3.90. The van der Waals surface area contributed by atoms with Crippen LogP contribution in [0, 0.1) is 12.3 Å². The molecule has 0 bridgehead atoms. The molecule has 1 atom stereocenters. The summed E-state index contributed by atoms with van der Waals surface area (Å²) in [4.78, 5) is 13.2. The zero-order valence-electron chi connectivity index (χ0n) is 9.56. The normalized spacial score (nSPS) is 26.1. The van der Waals surface area contributed by atoms with E-state index in [1.165, 1.54) is 0 Å². The molecule has 0 aromatic carbocycles. The summed E-state index contributed by atoms with van der Waals surface area (Å²) < 4.78 is 5.12. The van der Waals surface area contributed by atoms with Gasteiger partial charge in [-0.25, -0.2) is 0 Å². The number of aliphatic carboxylic acids is 1. The van der Waals surface area contributed by atoms with Gasteiger partial charge in [0, 0.05) is 12.6 Å². The first-order valence-electron chi connectivity index (χ1n) is 5.37. The summed E-state index contributed by atoms with van der Waals surface area (Å²) in [6.45, 7) is 5.67. The van der Waals surface area contributed by atoms with Crippen LogP contribution in [0.5, 0.6) is 0 Å². The molecule has 5 heteroatoms. The molecule has 2 heterocycles. The first-order valence-corrected chi connectivity index (χ1v) is 5.37. The van der Waals surface area contributed by atoms with E-state index in [9.17, 15) is 4.79 Å². The van der Waals surface area contributed by atoms with Gasteiger partial charge in [-0.1, -0.05) is 5.16 Å². The van der Waals surface area contributed by atoms with E-state index in [0.717, 1.165) is 18.0 Å². The van der Waals surface area contributed by atoms with E-state index >= 15 is 0 Å². The topological polar surface area (TPSA) is 66.6 Å². The van der Waals surface area contributed by atoms with Crippen LogP contribution in [-0.2, 0) is 11.3 Å². The van der Waals surface area contributed by atoms with E-state index in [1.807, 2.05) is 13.0 Å². The van der Waals surface area contributed by atoms with Crippen LogP contribution in [-0.4, -0.2) is 34.2 Å². The van der Waals surface area contributed by atoms with Crippen LogP contribution in [0.4, 0.5) is 0 Å². The van der Waals surface area contributed by atoms with Gasteiger partial charge in [-0.3, -0.25) is 9.69 Å². The fourth-order valence-electron chi connectivity index (χ4n) is 2.08. The molecule has 1 aromatic heterocycles. The summed E-state index contributed by atoms with van der Waals surface area (Å²) in [6, 6.07) is 1.89. The number of hydrogen-bond donors (Lipinski definition) is 1. The van der Waals surface area contributed by atoms with Gasteiger partial charge in [0.05, 0.1) is 17.7 Å². The van der Waals surface area contributed by atoms with Gasteiger partial charge in [-0.15, -0.1) is 0 Å². The number of rotatable bonds is 3. The predicted octanol–water partition coefficient (Wildman–Crippen LogP) is 1.28. The van der Waals surface area contributed by atoms with E-state index in [-0.39, 0.29) is 0 Å². The lowest BCUT2D eigenvalue weighted by molar-refractivity contribution is -0.147. The zero-order chi connectivity index (χ0) is 11.8. The minimum absolute atomic E-state index is 0.572. The molecule has 0 spiro atoms. The standard InChI is InChI=1S/C11H16N2O3/c1-8-5-9(16-12-8)6-13-4-3-11(2,7-13)10(14)15/h5H,3-4,6-7H2,1-2H3,(H,14,15). The SMILES string of the molecule is Cc1cc(CN2CCC(C)(C(=O)O)C2)on1. The molecule has 1 aromatic rings. The van der Waals surface area contributed by atoms with Crippen molar-refractivity contribution < 1.29 is 14.4 Å². The minimum atomic E-state index is -0.719. The van der Waals surface area contributed by atoms with Crippen LogP contribution in [0.3, 0.4) is 0 Å². The summed E-state index contributed by atoms with van der Waals surface area (Å²) in [7, 11) is 0. The maximum atomic E-state index is 11.1. The molecule has 5 nitrogen and oxygen atoms in total. The van der Waals surface area contributed by atoms with Crippen LogP contribution in [0.15, 0.2) is 10.6 Å². The monoisotopic (exact) mass is 224 g/mol. The van der Waals surface area contributed by atoms with Gasteiger partial charge in [0.25, 0.3) is 0 Å². The molecular weight excluding hydrogens is 208 g/mol. The summed E-state index contributed by atoms with van der Waals surface area (Å²) in [5, 5.41) is 12.9. The van der Waals surface area contributed by atoms with Crippen LogP contribution in [0.25, 0.3) is 0 Å². The number of carboxylic acid groups (broad SMARTS) is 1. The van der Waals surface area contributed by atoms with E-state index in [0.29, 0.717) is 19.5 Å². The Kier molecular flexibility index (Phi) is 2.71. The molecule has 1 aliphatic rings. The molecule has 1 unspecified atom stereocenters. The lowest BCUT2D eigenvalue weighted by Crippen LogP contribution is -2.31. The van der Waals surface area contributed by atoms with Crippen molar-refractivity contribution in [2.45, 2.75) is 26.8 Å². The summed E-state index contributed by atoms with van der Waals surface area (Å²) in [5.41, 5.74) is 0.241. The molecule has 1 aliphatic heterocycles. The molecule has 0 radical (unpaired) electrons. The third-order valence-electron chi connectivity index (χ3n) is 3.12. The Bertz CT molecular complexity index is 402. The van der Waals surface area contributed by atoms with Crippen molar-refractivity contribution in [1.29, 1.82) is 0 Å². The maximum absolute atomic E-state index is 11.1. The van der Waals surface area contributed by atoms with Crippen molar-refractivity contribution in [3.63, 3.8) is 0 Å². The van der Waals surface area contributed by atoms with Gasteiger partial charge in [-0.05, 0) is 26.8 Å². The van der Waals surface area contributed by atoms with Crippen molar-refractivity contribution in [2.24, 2.45) is 5.41 Å². The van der Waals surface area contributed by atoms with Crippen molar-refractivity contribution in [3.8, 4) is 0 Å². The number of aromatic nitrogens is 1. The highest BCUT2D eigenvalue weighted by Crippen LogP contribution is 2.30. The number of likely N-dealkylation sites (tertiary alicyclic amines) is 1. The minimum Gasteiger partial charge on any atom is -0.481 e.